The molecular formula is C37H33N2O6S+. The van der Waals surface area contributed by atoms with Crippen LogP contribution in [0.2, 0.25) is 0 Å². The first-order chi connectivity index (χ1) is 22.0. The highest BCUT2D eigenvalue weighted by molar-refractivity contribution is 7.86. The maximum atomic E-state index is 12.6. The number of rotatable bonds is 8. The number of carboxylic acid groups (broad SMARTS) is 1. The molecule has 232 valence electrons. The summed E-state index contributed by atoms with van der Waals surface area (Å²) in [6.45, 7) is 4.24. The second-order valence-electron chi connectivity index (χ2n) is 11.2. The molecule has 4 aromatic carbocycles. The molecule has 0 fully saturated rings. The van der Waals surface area contributed by atoms with E-state index in [1.165, 1.54) is 6.07 Å². The number of hydrogen-bond donors (Lipinski definition) is 2. The van der Waals surface area contributed by atoms with Gasteiger partial charge in [-0.05, 0) is 49.7 Å². The van der Waals surface area contributed by atoms with Crippen molar-refractivity contribution in [3.63, 3.8) is 0 Å². The number of carboxylic acids is 1. The number of benzene rings is 5. The molecule has 0 saturated heterocycles. The lowest BCUT2D eigenvalue weighted by Gasteiger charge is -2.27. The standard InChI is InChI=1S/C37H32N2O6S/c1-24-10-4-7-13-31(24)38(3)26-16-18-28-33(22-26)45-34-23-27(39(21-20-36(40)41)32-14-8-5-11-25(32)2)17-19-29(34)37(28)30-12-6-9-15-35(30)46(42,43)44/h4-19,22-23H,20-21H2,1-3H3,(H-,40,41,42,43,44)/p+1. The minimum atomic E-state index is -4.56. The number of carbonyl (C=O) groups is 1. The van der Waals surface area contributed by atoms with Gasteiger partial charge in [-0.25, -0.2) is 0 Å². The molecule has 0 unspecified atom stereocenters. The third-order valence-electron chi connectivity index (χ3n) is 8.25. The number of fused-ring (bicyclic) bond motifs is 2. The number of aryl methyl sites for hydroxylation is 2. The predicted octanol–water partition coefficient (Wildman–Crippen LogP) is 7.41. The van der Waals surface area contributed by atoms with Gasteiger partial charge in [-0.15, -0.1) is 0 Å². The van der Waals surface area contributed by atoms with Gasteiger partial charge >= 0.3 is 5.97 Å². The number of hydrogen-bond acceptors (Lipinski definition) is 5. The summed E-state index contributed by atoms with van der Waals surface area (Å²) >= 11 is 0. The lowest BCUT2D eigenvalue weighted by Crippen LogP contribution is -2.22. The molecule has 0 radical (unpaired) electrons. The van der Waals surface area contributed by atoms with Crippen LogP contribution < -0.4 is 14.8 Å². The van der Waals surface area contributed by atoms with E-state index in [1.54, 1.807) is 18.2 Å². The Balaban J connectivity index is 1.67. The van der Waals surface area contributed by atoms with Crippen LogP contribution in [0.3, 0.4) is 0 Å². The van der Waals surface area contributed by atoms with Crippen LogP contribution in [-0.4, -0.2) is 37.6 Å². The molecule has 9 heteroatoms. The highest BCUT2D eigenvalue weighted by Gasteiger charge is 2.25. The van der Waals surface area contributed by atoms with Gasteiger partial charge in [0.1, 0.15) is 23.3 Å². The van der Waals surface area contributed by atoms with Crippen molar-refractivity contribution in [3.8, 4) is 22.5 Å². The van der Waals surface area contributed by atoms with Crippen molar-refractivity contribution in [2.75, 3.05) is 18.5 Å². The van der Waals surface area contributed by atoms with Crippen LogP contribution in [0.15, 0.2) is 119 Å². The molecule has 2 aliphatic rings. The average Bonchev–Trinajstić information content (AvgIpc) is 3.03. The molecule has 4 aromatic rings. The van der Waals surface area contributed by atoms with Crippen molar-refractivity contribution < 1.29 is 27.3 Å². The summed E-state index contributed by atoms with van der Waals surface area (Å²) in [4.78, 5) is 13.3. The molecule has 0 atom stereocenters. The van der Waals surface area contributed by atoms with Gasteiger partial charge < -0.3 is 14.4 Å². The van der Waals surface area contributed by atoms with Gasteiger partial charge in [0.15, 0.2) is 0 Å². The highest BCUT2D eigenvalue weighted by atomic mass is 32.2. The van der Waals surface area contributed by atoms with Gasteiger partial charge in [-0.3, -0.25) is 9.35 Å². The predicted molar refractivity (Wildman–Crippen MR) is 181 cm³/mol. The van der Waals surface area contributed by atoms with Gasteiger partial charge in [0, 0.05) is 63.8 Å². The lowest BCUT2D eigenvalue weighted by atomic mass is 9.93. The van der Waals surface area contributed by atoms with Crippen molar-refractivity contribution >= 4 is 44.1 Å². The van der Waals surface area contributed by atoms with Crippen LogP contribution in [0, 0.1) is 13.8 Å². The van der Waals surface area contributed by atoms with E-state index in [1.807, 2.05) is 111 Å². The Hall–Kier alpha value is -5.25. The molecule has 0 saturated carbocycles. The molecule has 1 heterocycles. The van der Waals surface area contributed by atoms with Crippen molar-refractivity contribution in [1.29, 1.82) is 0 Å². The summed E-state index contributed by atoms with van der Waals surface area (Å²) in [6, 6.07) is 33.5. The van der Waals surface area contributed by atoms with Crippen LogP contribution in [0.1, 0.15) is 17.5 Å². The van der Waals surface area contributed by atoms with Gasteiger partial charge in [0.2, 0.25) is 11.0 Å². The Morgan fingerprint density at radius 3 is 2.24 bits per heavy atom. The van der Waals surface area contributed by atoms with Crippen molar-refractivity contribution in [1.82, 2.24) is 4.58 Å². The minimum absolute atomic E-state index is 0.0805. The summed E-state index contributed by atoms with van der Waals surface area (Å²) in [5, 5.41) is 11.0. The fraction of sp³-hybridized carbons (Fsp3) is 0.135. The van der Waals surface area contributed by atoms with Crippen LogP contribution in [0.4, 0.5) is 17.1 Å². The highest BCUT2D eigenvalue weighted by Crippen LogP contribution is 2.43. The molecule has 0 bridgehead atoms. The quantitative estimate of drug-likeness (QED) is 0.102. The Labute approximate surface area is 267 Å². The first kappa shape index (κ1) is 30.8. The minimum Gasteiger partial charge on any atom is -0.481 e. The summed E-state index contributed by atoms with van der Waals surface area (Å²) in [6.07, 6.45) is -0.0805. The third-order valence-corrected chi connectivity index (χ3v) is 9.17. The van der Waals surface area contributed by atoms with Gasteiger partial charge in [-0.1, -0.05) is 54.6 Å². The Morgan fingerprint density at radius 2 is 1.52 bits per heavy atom. The molecule has 0 aromatic heterocycles. The van der Waals surface area contributed by atoms with E-state index in [9.17, 15) is 22.9 Å². The van der Waals surface area contributed by atoms with Crippen LogP contribution >= 0.6 is 0 Å². The second kappa shape index (κ2) is 12.3. The third kappa shape index (κ3) is 5.90. The zero-order valence-electron chi connectivity index (χ0n) is 25.6. The molecule has 1 aliphatic heterocycles. The normalized spacial score (nSPS) is 12.3. The molecule has 0 spiro atoms. The summed E-state index contributed by atoms with van der Waals surface area (Å²) in [5.41, 5.74) is 6.75. The van der Waals surface area contributed by atoms with Crippen LogP contribution in [0.5, 0.6) is 0 Å². The van der Waals surface area contributed by atoms with E-state index in [0.29, 0.717) is 39.1 Å². The maximum Gasteiger partial charge on any atom is 0.305 e. The zero-order chi connectivity index (χ0) is 32.6. The molecule has 6 rings (SSSR count). The largest absolute Gasteiger partial charge is 0.481 e. The van der Waals surface area contributed by atoms with Crippen molar-refractivity contribution in [3.05, 3.63) is 126 Å². The fourth-order valence-electron chi connectivity index (χ4n) is 5.97. The number of anilines is 2. The smallest absolute Gasteiger partial charge is 0.305 e. The monoisotopic (exact) mass is 633 g/mol. The summed E-state index contributed by atoms with van der Waals surface area (Å²) < 4.78 is 44.0. The topological polar surface area (TPSA) is 111 Å². The first-order valence-electron chi connectivity index (χ1n) is 14.8. The van der Waals surface area contributed by atoms with Crippen LogP contribution in [0.25, 0.3) is 33.4 Å². The Morgan fingerprint density at radius 1 is 0.826 bits per heavy atom. The molecule has 0 amide bonds. The fourth-order valence-corrected chi connectivity index (χ4v) is 6.67. The molecular weight excluding hydrogens is 600 g/mol. The van der Waals surface area contributed by atoms with Crippen LogP contribution in [-0.2, 0) is 14.9 Å². The SMILES string of the molecule is Cc1ccccc1N(CCC(=O)O)c1ccc2c(-c3ccccc3S(=O)(=O)O)c3ccc(=[N+](C)c4ccccc4C)cc-3oc2c1. The molecule has 8 nitrogen and oxygen atoms in total. The Bertz CT molecular complexity index is 2270. The second-order valence-corrected chi connectivity index (χ2v) is 12.6. The first-order valence-corrected chi connectivity index (χ1v) is 16.2. The molecule has 46 heavy (non-hydrogen) atoms. The average molecular weight is 634 g/mol. The summed E-state index contributed by atoms with van der Waals surface area (Å²) in [5.74, 6) is -0.403. The maximum absolute atomic E-state index is 12.6. The van der Waals surface area contributed by atoms with Gasteiger partial charge in [0.05, 0.1) is 12.5 Å². The van der Waals surface area contributed by atoms with E-state index in [-0.39, 0.29) is 17.9 Å². The summed E-state index contributed by atoms with van der Waals surface area (Å²) in [7, 11) is -2.59. The van der Waals surface area contributed by atoms with E-state index in [0.717, 1.165) is 27.9 Å². The number of para-hydroxylation sites is 2. The number of nitrogens with zero attached hydrogens (tertiary/aromatic N) is 2. The lowest BCUT2D eigenvalue weighted by molar-refractivity contribution is -0.136. The zero-order valence-corrected chi connectivity index (χ0v) is 26.5. The molecule has 2 N–H and O–H groups in total. The van der Waals surface area contributed by atoms with Gasteiger partial charge in [0.25, 0.3) is 10.1 Å². The van der Waals surface area contributed by atoms with E-state index >= 15 is 0 Å². The van der Waals surface area contributed by atoms with Gasteiger partial charge in [-0.2, -0.15) is 13.0 Å². The Kier molecular flexibility index (Phi) is 8.20. The molecule has 1 aliphatic carbocycles. The van der Waals surface area contributed by atoms with E-state index in [4.69, 9.17) is 4.42 Å². The van der Waals surface area contributed by atoms with Crippen molar-refractivity contribution in [2.24, 2.45) is 0 Å². The van der Waals surface area contributed by atoms with E-state index < -0.39 is 16.1 Å². The number of aliphatic carboxylic acids is 1. The van der Waals surface area contributed by atoms with E-state index in [2.05, 4.69) is 4.58 Å². The van der Waals surface area contributed by atoms with Crippen molar-refractivity contribution in [2.45, 2.75) is 25.2 Å².